The Labute approximate surface area is 227 Å². The molecule has 2 aromatic heterocycles. The zero-order valence-corrected chi connectivity index (χ0v) is 22.6. The number of hydrogen-bond donors (Lipinski definition) is 2. The Hall–Kier alpha value is -4.21. The lowest BCUT2D eigenvalue weighted by Gasteiger charge is -2.26. The van der Waals surface area contributed by atoms with Gasteiger partial charge in [-0.2, -0.15) is 0 Å². The maximum atomic E-state index is 12.2. The number of halogens is 1. The van der Waals surface area contributed by atoms with Crippen LogP contribution in [0.2, 0.25) is 5.02 Å². The molecule has 0 fully saturated rings. The quantitative estimate of drug-likeness (QED) is 0.269. The Morgan fingerprint density at radius 2 is 1.87 bits per heavy atom. The number of amides is 1. The average Bonchev–Trinajstić information content (AvgIpc) is 2.92. The van der Waals surface area contributed by atoms with Crippen molar-refractivity contribution in [2.75, 3.05) is 56.9 Å². The van der Waals surface area contributed by atoms with E-state index in [2.05, 4.69) is 42.0 Å². The summed E-state index contributed by atoms with van der Waals surface area (Å²) in [6.07, 6.45) is 4.51. The fourth-order valence-electron chi connectivity index (χ4n) is 3.86. The van der Waals surface area contributed by atoms with Gasteiger partial charge in [-0.15, -0.1) is 0 Å². The van der Waals surface area contributed by atoms with Gasteiger partial charge in [-0.25, -0.2) is 9.97 Å². The molecular formula is C28H30ClN7O2. The van der Waals surface area contributed by atoms with Crippen LogP contribution in [0.3, 0.4) is 0 Å². The fourth-order valence-corrected chi connectivity index (χ4v) is 4.06. The van der Waals surface area contributed by atoms with Crippen molar-refractivity contribution in [1.82, 2.24) is 19.9 Å². The number of nitrogens with zero attached hydrogens (tertiary/aromatic N) is 5. The lowest BCUT2D eigenvalue weighted by molar-refractivity contribution is -0.111. The molecule has 4 aromatic rings. The Balaban J connectivity index is 1.71. The molecule has 0 saturated heterocycles. The summed E-state index contributed by atoms with van der Waals surface area (Å²) in [6, 6.07) is 13.5. The van der Waals surface area contributed by atoms with Crippen LogP contribution in [0.4, 0.5) is 23.0 Å². The van der Waals surface area contributed by atoms with E-state index in [9.17, 15) is 4.79 Å². The standard InChI is InChI=1S/C28H30ClN7O2/c1-6-26(37)32-22-14-23(25(38-5)15-24(22)36(4)12-11-35(2)3)33-28-31-17-20(29)27(34-28)19-13-18-9-7-8-10-21(18)30-16-19/h6-10,13-17H,1,11-12H2,2-5H3,(H,32,37)(H,31,33,34). The van der Waals surface area contributed by atoms with Crippen LogP contribution in [0.15, 0.2) is 67.5 Å². The Bertz CT molecular complexity index is 1480. The van der Waals surface area contributed by atoms with E-state index in [1.54, 1.807) is 19.4 Å². The van der Waals surface area contributed by atoms with E-state index in [4.69, 9.17) is 16.3 Å². The van der Waals surface area contributed by atoms with Gasteiger partial charge in [0.05, 0.1) is 46.6 Å². The van der Waals surface area contributed by atoms with Crippen molar-refractivity contribution >= 4 is 51.4 Å². The summed E-state index contributed by atoms with van der Waals surface area (Å²) in [5.41, 5.74) is 4.15. The van der Waals surface area contributed by atoms with Crippen LogP contribution in [0, 0.1) is 0 Å². The molecule has 0 aliphatic heterocycles. The van der Waals surface area contributed by atoms with Gasteiger partial charge in [-0.1, -0.05) is 36.4 Å². The minimum atomic E-state index is -0.322. The van der Waals surface area contributed by atoms with Crippen LogP contribution in [0.1, 0.15) is 0 Å². The monoisotopic (exact) mass is 531 g/mol. The summed E-state index contributed by atoms with van der Waals surface area (Å²) >= 11 is 6.48. The first-order valence-electron chi connectivity index (χ1n) is 11.9. The summed E-state index contributed by atoms with van der Waals surface area (Å²) in [7, 11) is 7.56. The summed E-state index contributed by atoms with van der Waals surface area (Å²) in [5.74, 6) is 0.545. The lowest BCUT2D eigenvalue weighted by atomic mass is 10.1. The maximum Gasteiger partial charge on any atom is 0.247 e. The predicted octanol–water partition coefficient (Wildman–Crippen LogP) is 5.22. The van der Waals surface area contributed by atoms with Crippen molar-refractivity contribution in [3.05, 3.63) is 72.5 Å². The SMILES string of the molecule is C=CC(=O)Nc1cc(Nc2ncc(Cl)c(-c3cnc4ccccc4c3)n2)c(OC)cc1N(C)CCN(C)C. The summed E-state index contributed by atoms with van der Waals surface area (Å²) in [6.45, 7) is 5.14. The Morgan fingerprint density at radius 3 is 2.61 bits per heavy atom. The second-order valence-corrected chi connectivity index (χ2v) is 9.33. The number of methoxy groups -OCH3 is 1. The molecule has 0 radical (unpaired) electrons. The van der Waals surface area contributed by atoms with Gasteiger partial charge in [0, 0.05) is 43.4 Å². The number of pyridine rings is 1. The fraction of sp³-hybridized carbons (Fsp3) is 0.214. The number of para-hydroxylation sites is 1. The van der Waals surface area contributed by atoms with E-state index in [1.165, 1.54) is 12.3 Å². The second kappa shape index (κ2) is 11.9. The minimum absolute atomic E-state index is 0.311. The van der Waals surface area contributed by atoms with E-state index in [1.807, 2.05) is 57.5 Å². The molecule has 2 heterocycles. The van der Waals surface area contributed by atoms with Gasteiger partial charge in [0.25, 0.3) is 0 Å². The largest absolute Gasteiger partial charge is 0.494 e. The third kappa shape index (κ3) is 6.19. The zero-order chi connectivity index (χ0) is 27.2. The number of aromatic nitrogens is 3. The van der Waals surface area contributed by atoms with Crippen molar-refractivity contribution in [2.45, 2.75) is 0 Å². The first-order valence-corrected chi connectivity index (χ1v) is 12.3. The molecule has 2 aromatic carbocycles. The Kier molecular flexibility index (Phi) is 8.40. The smallest absolute Gasteiger partial charge is 0.247 e. The van der Waals surface area contributed by atoms with Gasteiger partial charge in [-0.3, -0.25) is 9.78 Å². The molecule has 4 rings (SSSR count). The van der Waals surface area contributed by atoms with Crippen LogP contribution < -0.4 is 20.3 Å². The molecular weight excluding hydrogens is 502 g/mol. The Morgan fingerprint density at radius 1 is 1.08 bits per heavy atom. The van der Waals surface area contributed by atoms with Crippen LogP contribution >= 0.6 is 11.6 Å². The third-order valence-electron chi connectivity index (χ3n) is 5.91. The molecule has 2 N–H and O–H groups in total. The van der Waals surface area contributed by atoms with Gasteiger partial charge in [0.2, 0.25) is 11.9 Å². The molecule has 0 spiro atoms. The molecule has 0 bridgehead atoms. The highest BCUT2D eigenvalue weighted by molar-refractivity contribution is 6.33. The number of likely N-dealkylation sites (N-methyl/N-ethyl adjacent to an activating group) is 2. The van der Waals surface area contributed by atoms with E-state index in [0.717, 1.165) is 35.2 Å². The highest BCUT2D eigenvalue weighted by Gasteiger charge is 2.17. The number of nitrogens with one attached hydrogen (secondary N) is 2. The van der Waals surface area contributed by atoms with Gasteiger partial charge >= 0.3 is 0 Å². The molecule has 10 heteroatoms. The topological polar surface area (TPSA) is 95.5 Å². The van der Waals surface area contributed by atoms with Crippen LogP contribution in [0.5, 0.6) is 5.75 Å². The number of hydrogen-bond acceptors (Lipinski definition) is 8. The zero-order valence-electron chi connectivity index (χ0n) is 21.8. The molecule has 0 atom stereocenters. The van der Waals surface area contributed by atoms with Gasteiger partial charge in [0.1, 0.15) is 5.75 Å². The molecule has 0 aliphatic carbocycles. The van der Waals surface area contributed by atoms with Crippen LogP contribution in [-0.4, -0.2) is 67.1 Å². The van der Waals surface area contributed by atoms with Gasteiger partial charge in [-0.05, 0) is 38.4 Å². The number of fused-ring (bicyclic) bond motifs is 1. The molecule has 0 unspecified atom stereocenters. The molecule has 1 amide bonds. The van der Waals surface area contributed by atoms with Crippen LogP contribution in [0.25, 0.3) is 22.2 Å². The first-order chi connectivity index (χ1) is 18.3. The number of anilines is 4. The van der Waals surface area contributed by atoms with Gasteiger partial charge in [0.15, 0.2) is 0 Å². The van der Waals surface area contributed by atoms with Crippen molar-refractivity contribution < 1.29 is 9.53 Å². The number of carbonyl (C=O) groups is 1. The third-order valence-corrected chi connectivity index (χ3v) is 6.19. The van der Waals surface area contributed by atoms with Crippen molar-refractivity contribution in [2.24, 2.45) is 0 Å². The van der Waals surface area contributed by atoms with E-state index >= 15 is 0 Å². The molecule has 9 nitrogen and oxygen atoms in total. The first kappa shape index (κ1) is 26.8. The van der Waals surface area contributed by atoms with Crippen molar-refractivity contribution in [3.63, 3.8) is 0 Å². The molecule has 196 valence electrons. The number of rotatable bonds is 10. The normalized spacial score (nSPS) is 10.9. The van der Waals surface area contributed by atoms with Crippen molar-refractivity contribution in [3.8, 4) is 17.0 Å². The number of ether oxygens (including phenoxy) is 1. The van der Waals surface area contributed by atoms with E-state index < -0.39 is 0 Å². The predicted molar refractivity (Wildman–Crippen MR) is 155 cm³/mol. The lowest BCUT2D eigenvalue weighted by Crippen LogP contribution is -2.29. The van der Waals surface area contributed by atoms with Gasteiger partial charge < -0.3 is 25.2 Å². The van der Waals surface area contributed by atoms with Crippen LogP contribution in [-0.2, 0) is 4.79 Å². The molecule has 38 heavy (non-hydrogen) atoms. The average molecular weight is 532 g/mol. The number of benzene rings is 2. The highest BCUT2D eigenvalue weighted by Crippen LogP contribution is 2.38. The second-order valence-electron chi connectivity index (χ2n) is 8.92. The van der Waals surface area contributed by atoms with Crippen molar-refractivity contribution in [1.29, 1.82) is 0 Å². The molecule has 0 aliphatic rings. The van der Waals surface area contributed by atoms with E-state index in [-0.39, 0.29) is 5.91 Å². The summed E-state index contributed by atoms with van der Waals surface area (Å²) in [5, 5.41) is 7.49. The summed E-state index contributed by atoms with van der Waals surface area (Å²) < 4.78 is 5.68. The maximum absolute atomic E-state index is 12.2. The van der Waals surface area contributed by atoms with E-state index in [0.29, 0.717) is 33.8 Å². The molecule has 0 saturated carbocycles. The minimum Gasteiger partial charge on any atom is -0.494 e. The summed E-state index contributed by atoms with van der Waals surface area (Å²) in [4.78, 5) is 29.9. The highest BCUT2D eigenvalue weighted by atomic mass is 35.5. The number of carbonyl (C=O) groups excluding carboxylic acids is 1.